The number of amides is 1. The molecular weight excluding hydrogens is 346 g/mol. The standard InChI is InChI=1S/C21H25NO5/c1-21(2,3)17-9-4-5-10-18(17)27-13-19(23)22-12-15-7-6-8-16(11-15)26-14-20(24)25/h4-11H,12-14H2,1-3H3,(H,22,23)(H,24,25). The molecule has 0 unspecified atom stereocenters. The number of hydrogen-bond donors (Lipinski definition) is 2. The maximum absolute atomic E-state index is 12.1. The summed E-state index contributed by atoms with van der Waals surface area (Å²) in [4.78, 5) is 22.7. The molecule has 0 radical (unpaired) electrons. The van der Waals surface area contributed by atoms with E-state index in [1.165, 1.54) is 0 Å². The number of ether oxygens (including phenoxy) is 2. The van der Waals surface area contributed by atoms with Gasteiger partial charge in [-0.15, -0.1) is 0 Å². The van der Waals surface area contributed by atoms with Gasteiger partial charge in [-0.05, 0) is 34.7 Å². The number of carbonyl (C=O) groups is 2. The third kappa shape index (κ3) is 6.66. The number of hydrogen-bond acceptors (Lipinski definition) is 4. The number of carbonyl (C=O) groups excluding carboxylic acids is 1. The van der Waals surface area contributed by atoms with Crippen LogP contribution in [0.1, 0.15) is 31.9 Å². The summed E-state index contributed by atoms with van der Waals surface area (Å²) in [5.41, 5.74) is 1.77. The van der Waals surface area contributed by atoms with Crippen LogP contribution >= 0.6 is 0 Å². The Morgan fingerprint density at radius 1 is 1.00 bits per heavy atom. The average Bonchev–Trinajstić information content (AvgIpc) is 2.63. The van der Waals surface area contributed by atoms with E-state index in [4.69, 9.17) is 14.6 Å². The molecule has 27 heavy (non-hydrogen) atoms. The summed E-state index contributed by atoms with van der Waals surface area (Å²) in [7, 11) is 0. The van der Waals surface area contributed by atoms with Crippen LogP contribution in [0, 0.1) is 0 Å². The SMILES string of the molecule is CC(C)(C)c1ccccc1OCC(=O)NCc1cccc(OCC(=O)O)c1. The predicted octanol–water partition coefficient (Wildman–Crippen LogP) is 3.14. The number of rotatable bonds is 8. The van der Waals surface area contributed by atoms with Crippen molar-refractivity contribution in [2.24, 2.45) is 0 Å². The Labute approximate surface area is 159 Å². The van der Waals surface area contributed by atoms with E-state index in [9.17, 15) is 9.59 Å². The second-order valence-electron chi connectivity index (χ2n) is 7.14. The van der Waals surface area contributed by atoms with Gasteiger partial charge in [-0.2, -0.15) is 0 Å². The summed E-state index contributed by atoms with van der Waals surface area (Å²) in [6, 6.07) is 14.6. The monoisotopic (exact) mass is 371 g/mol. The highest BCUT2D eigenvalue weighted by molar-refractivity contribution is 5.77. The van der Waals surface area contributed by atoms with Gasteiger partial charge in [0.1, 0.15) is 11.5 Å². The number of carboxylic acids is 1. The number of benzene rings is 2. The van der Waals surface area contributed by atoms with E-state index in [0.29, 0.717) is 18.0 Å². The van der Waals surface area contributed by atoms with E-state index >= 15 is 0 Å². The lowest BCUT2D eigenvalue weighted by atomic mass is 9.86. The Kier molecular flexibility index (Phi) is 6.82. The molecule has 0 spiro atoms. The summed E-state index contributed by atoms with van der Waals surface area (Å²) in [5, 5.41) is 11.4. The Hall–Kier alpha value is -3.02. The first-order valence-electron chi connectivity index (χ1n) is 8.68. The first-order chi connectivity index (χ1) is 12.8. The Morgan fingerprint density at radius 2 is 1.74 bits per heavy atom. The molecule has 0 saturated heterocycles. The lowest BCUT2D eigenvalue weighted by molar-refractivity contribution is -0.139. The third-order valence-corrected chi connectivity index (χ3v) is 3.80. The Balaban J connectivity index is 1.87. The van der Waals surface area contributed by atoms with Gasteiger partial charge in [0.05, 0.1) is 0 Å². The number of carboxylic acid groups (broad SMARTS) is 1. The molecule has 0 heterocycles. The van der Waals surface area contributed by atoms with Gasteiger partial charge >= 0.3 is 5.97 Å². The second kappa shape index (κ2) is 9.07. The van der Waals surface area contributed by atoms with Gasteiger partial charge < -0.3 is 19.9 Å². The van der Waals surface area contributed by atoms with Gasteiger partial charge in [-0.3, -0.25) is 4.79 Å². The lowest BCUT2D eigenvalue weighted by Gasteiger charge is -2.22. The van der Waals surface area contributed by atoms with Crippen molar-refractivity contribution < 1.29 is 24.2 Å². The molecule has 144 valence electrons. The van der Waals surface area contributed by atoms with Gasteiger partial charge in [-0.1, -0.05) is 51.1 Å². The van der Waals surface area contributed by atoms with Crippen LogP contribution in [0.25, 0.3) is 0 Å². The quantitative estimate of drug-likeness (QED) is 0.745. The fraction of sp³-hybridized carbons (Fsp3) is 0.333. The van der Waals surface area contributed by atoms with Crippen LogP contribution < -0.4 is 14.8 Å². The third-order valence-electron chi connectivity index (χ3n) is 3.80. The van der Waals surface area contributed by atoms with Gasteiger partial charge in [0.2, 0.25) is 0 Å². The van der Waals surface area contributed by atoms with Crippen LogP contribution in [-0.4, -0.2) is 30.2 Å². The largest absolute Gasteiger partial charge is 0.483 e. The second-order valence-corrected chi connectivity index (χ2v) is 7.14. The zero-order valence-electron chi connectivity index (χ0n) is 15.8. The van der Waals surface area contributed by atoms with Crippen molar-refractivity contribution in [3.8, 4) is 11.5 Å². The maximum atomic E-state index is 12.1. The van der Waals surface area contributed by atoms with E-state index in [-0.39, 0.29) is 17.9 Å². The minimum atomic E-state index is -1.04. The highest BCUT2D eigenvalue weighted by Gasteiger charge is 2.18. The van der Waals surface area contributed by atoms with Crippen LogP contribution in [-0.2, 0) is 21.5 Å². The average molecular weight is 371 g/mol. The molecule has 2 rings (SSSR count). The number of aliphatic carboxylic acids is 1. The highest BCUT2D eigenvalue weighted by atomic mass is 16.5. The molecule has 2 aromatic carbocycles. The molecule has 6 nitrogen and oxygen atoms in total. The van der Waals surface area contributed by atoms with Crippen LogP contribution in [0.5, 0.6) is 11.5 Å². The molecule has 0 saturated carbocycles. The molecular formula is C21H25NO5. The zero-order chi connectivity index (χ0) is 19.9. The van der Waals surface area contributed by atoms with Crippen molar-refractivity contribution in [1.29, 1.82) is 0 Å². The summed E-state index contributed by atoms with van der Waals surface area (Å²) in [6.45, 7) is 6.09. The number of nitrogens with one attached hydrogen (secondary N) is 1. The minimum Gasteiger partial charge on any atom is -0.483 e. The van der Waals surface area contributed by atoms with Crippen molar-refractivity contribution in [2.75, 3.05) is 13.2 Å². The fourth-order valence-corrected chi connectivity index (χ4v) is 2.50. The van der Waals surface area contributed by atoms with Gasteiger partial charge in [0.15, 0.2) is 13.2 Å². The van der Waals surface area contributed by atoms with Gasteiger partial charge in [0, 0.05) is 6.54 Å². The first kappa shape index (κ1) is 20.3. The zero-order valence-corrected chi connectivity index (χ0v) is 15.8. The van der Waals surface area contributed by atoms with E-state index in [1.807, 2.05) is 30.3 Å². The van der Waals surface area contributed by atoms with E-state index in [2.05, 4.69) is 26.1 Å². The topological polar surface area (TPSA) is 84.9 Å². The molecule has 0 bridgehead atoms. The molecule has 6 heteroatoms. The summed E-state index contributed by atoms with van der Waals surface area (Å²) >= 11 is 0. The van der Waals surface area contributed by atoms with E-state index < -0.39 is 12.6 Å². The van der Waals surface area contributed by atoms with Crippen LogP contribution in [0.15, 0.2) is 48.5 Å². The molecule has 0 aliphatic carbocycles. The van der Waals surface area contributed by atoms with Gasteiger partial charge in [0.25, 0.3) is 5.91 Å². The lowest BCUT2D eigenvalue weighted by Crippen LogP contribution is -2.29. The predicted molar refractivity (Wildman–Crippen MR) is 102 cm³/mol. The molecule has 0 aliphatic rings. The number of para-hydroxylation sites is 1. The smallest absolute Gasteiger partial charge is 0.341 e. The molecule has 0 aliphatic heterocycles. The molecule has 0 aromatic heterocycles. The molecule has 0 atom stereocenters. The molecule has 2 aromatic rings. The first-order valence-corrected chi connectivity index (χ1v) is 8.68. The van der Waals surface area contributed by atoms with Crippen LogP contribution in [0.4, 0.5) is 0 Å². The normalized spacial score (nSPS) is 10.9. The highest BCUT2D eigenvalue weighted by Crippen LogP contribution is 2.30. The molecule has 2 N–H and O–H groups in total. The fourth-order valence-electron chi connectivity index (χ4n) is 2.50. The van der Waals surface area contributed by atoms with Crippen molar-refractivity contribution >= 4 is 11.9 Å². The van der Waals surface area contributed by atoms with Gasteiger partial charge in [-0.25, -0.2) is 4.79 Å². The molecule has 0 fully saturated rings. The summed E-state index contributed by atoms with van der Waals surface area (Å²) in [5.74, 6) is -0.138. The molecule has 1 amide bonds. The maximum Gasteiger partial charge on any atom is 0.341 e. The van der Waals surface area contributed by atoms with Crippen molar-refractivity contribution in [3.05, 3.63) is 59.7 Å². The van der Waals surface area contributed by atoms with Crippen molar-refractivity contribution in [1.82, 2.24) is 5.32 Å². The van der Waals surface area contributed by atoms with E-state index in [1.54, 1.807) is 18.2 Å². The summed E-state index contributed by atoms with van der Waals surface area (Å²) < 4.78 is 10.8. The van der Waals surface area contributed by atoms with Crippen molar-refractivity contribution in [3.63, 3.8) is 0 Å². The van der Waals surface area contributed by atoms with Crippen molar-refractivity contribution in [2.45, 2.75) is 32.7 Å². The van der Waals surface area contributed by atoms with Crippen LogP contribution in [0.3, 0.4) is 0 Å². The minimum absolute atomic E-state index is 0.0799. The van der Waals surface area contributed by atoms with E-state index in [0.717, 1.165) is 11.1 Å². The van der Waals surface area contributed by atoms with Crippen LogP contribution in [0.2, 0.25) is 0 Å². The summed E-state index contributed by atoms with van der Waals surface area (Å²) in [6.07, 6.45) is 0. The Bertz CT molecular complexity index is 795. The Morgan fingerprint density at radius 3 is 2.44 bits per heavy atom.